The fourth-order valence-corrected chi connectivity index (χ4v) is 3.06. The average Bonchev–Trinajstić information content (AvgIpc) is 3.01. The standard InChI is InChI=1S/C20H21ClN2O3/c1-3-25-20(24)17-10-15-16(21)8-9-18(19(15)23(17)2)26-12-14-6-4-13(11-22)5-7-14/h4-10H,3,11-12,22H2,1-2H3. The van der Waals surface area contributed by atoms with Gasteiger partial charge in [0.1, 0.15) is 18.1 Å². The molecule has 6 heteroatoms. The average molecular weight is 373 g/mol. The number of benzene rings is 2. The first-order valence-electron chi connectivity index (χ1n) is 8.40. The first-order chi connectivity index (χ1) is 12.5. The molecule has 2 N–H and O–H groups in total. The molecule has 0 saturated heterocycles. The van der Waals surface area contributed by atoms with E-state index in [0.717, 1.165) is 22.0 Å². The first-order valence-corrected chi connectivity index (χ1v) is 8.78. The molecule has 0 amide bonds. The van der Waals surface area contributed by atoms with Crippen LogP contribution in [0.4, 0.5) is 0 Å². The summed E-state index contributed by atoms with van der Waals surface area (Å²) in [5.41, 5.74) is 8.93. The topological polar surface area (TPSA) is 66.5 Å². The van der Waals surface area contributed by atoms with Gasteiger partial charge in [-0.05, 0) is 36.2 Å². The number of ether oxygens (including phenoxy) is 2. The minimum absolute atomic E-state index is 0.316. The molecule has 3 rings (SSSR count). The third-order valence-electron chi connectivity index (χ3n) is 4.24. The van der Waals surface area contributed by atoms with Crippen LogP contribution in [0.15, 0.2) is 42.5 Å². The van der Waals surface area contributed by atoms with Crippen LogP contribution in [0.3, 0.4) is 0 Å². The lowest BCUT2D eigenvalue weighted by molar-refractivity contribution is 0.0516. The van der Waals surface area contributed by atoms with Crippen molar-refractivity contribution < 1.29 is 14.3 Å². The molecule has 0 saturated carbocycles. The van der Waals surface area contributed by atoms with E-state index in [2.05, 4.69) is 0 Å². The number of halogens is 1. The van der Waals surface area contributed by atoms with Crippen molar-refractivity contribution in [2.45, 2.75) is 20.1 Å². The van der Waals surface area contributed by atoms with E-state index in [9.17, 15) is 4.79 Å². The second kappa shape index (κ2) is 7.81. The van der Waals surface area contributed by atoms with Crippen LogP contribution in [0.5, 0.6) is 5.75 Å². The van der Waals surface area contributed by atoms with E-state index in [0.29, 0.717) is 36.2 Å². The van der Waals surface area contributed by atoms with Gasteiger partial charge in [-0.1, -0.05) is 35.9 Å². The zero-order valence-electron chi connectivity index (χ0n) is 14.8. The van der Waals surface area contributed by atoms with Gasteiger partial charge in [-0.15, -0.1) is 0 Å². The monoisotopic (exact) mass is 372 g/mol. The highest BCUT2D eigenvalue weighted by atomic mass is 35.5. The van der Waals surface area contributed by atoms with E-state index in [-0.39, 0.29) is 5.97 Å². The van der Waals surface area contributed by atoms with Crippen molar-refractivity contribution in [3.05, 3.63) is 64.3 Å². The molecule has 1 aromatic heterocycles. The molecule has 0 radical (unpaired) electrons. The van der Waals surface area contributed by atoms with Crippen molar-refractivity contribution >= 4 is 28.5 Å². The molecular formula is C20H21ClN2O3. The fraction of sp³-hybridized carbons (Fsp3) is 0.250. The van der Waals surface area contributed by atoms with Gasteiger partial charge in [0.2, 0.25) is 0 Å². The van der Waals surface area contributed by atoms with Crippen LogP contribution < -0.4 is 10.5 Å². The molecular weight excluding hydrogens is 352 g/mol. The normalized spacial score (nSPS) is 10.9. The molecule has 1 heterocycles. The summed E-state index contributed by atoms with van der Waals surface area (Å²) >= 11 is 6.31. The van der Waals surface area contributed by atoms with Crippen LogP contribution in [0.1, 0.15) is 28.5 Å². The Balaban J connectivity index is 1.92. The number of aromatic nitrogens is 1. The van der Waals surface area contributed by atoms with Gasteiger partial charge in [0.05, 0.1) is 17.1 Å². The van der Waals surface area contributed by atoms with Crippen molar-refractivity contribution in [1.82, 2.24) is 4.57 Å². The molecule has 0 aliphatic heterocycles. The summed E-state index contributed by atoms with van der Waals surface area (Å²) in [6.07, 6.45) is 0. The zero-order valence-corrected chi connectivity index (χ0v) is 15.5. The minimum Gasteiger partial charge on any atom is -0.487 e. The number of carbonyl (C=O) groups is 1. The second-order valence-corrected chi connectivity index (χ2v) is 6.33. The number of aryl methyl sites for hydroxylation is 1. The molecule has 0 unspecified atom stereocenters. The number of fused-ring (bicyclic) bond motifs is 1. The highest BCUT2D eigenvalue weighted by Gasteiger charge is 2.19. The molecule has 3 aromatic rings. The molecule has 0 aliphatic rings. The minimum atomic E-state index is -0.384. The van der Waals surface area contributed by atoms with Crippen LogP contribution in [0.25, 0.3) is 10.9 Å². The van der Waals surface area contributed by atoms with Crippen LogP contribution >= 0.6 is 11.6 Å². The number of hydrogen-bond donors (Lipinski definition) is 1. The lowest BCUT2D eigenvalue weighted by Crippen LogP contribution is -2.09. The molecule has 0 spiro atoms. The highest BCUT2D eigenvalue weighted by molar-refractivity contribution is 6.35. The zero-order chi connectivity index (χ0) is 18.7. The van der Waals surface area contributed by atoms with Crippen molar-refractivity contribution in [3.63, 3.8) is 0 Å². The van der Waals surface area contributed by atoms with Gasteiger partial charge >= 0.3 is 5.97 Å². The lowest BCUT2D eigenvalue weighted by Gasteiger charge is -2.11. The van der Waals surface area contributed by atoms with E-state index in [1.165, 1.54) is 0 Å². The number of esters is 1. The summed E-state index contributed by atoms with van der Waals surface area (Å²) < 4.78 is 12.9. The number of nitrogens with two attached hydrogens (primary N) is 1. The van der Waals surface area contributed by atoms with E-state index >= 15 is 0 Å². The first kappa shape index (κ1) is 18.3. The van der Waals surface area contributed by atoms with Crippen LogP contribution in [0, 0.1) is 0 Å². The quantitative estimate of drug-likeness (QED) is 0.663. The molecule has 0 atom stereocenters. The van der Waals surface area contributed by atoms with Crippen molar-refractivity contribution in [2.24, 2.45) is 12.8 Å². The summed E-state index contributed by atoms with van der Waals surface area (Å²) in [6.45, 7) is 3.01. The third-order valence-corrected chi connectivity index (χ3v) is 4.57. The van der Waals surface area contributed by atoms with Gasteiger partial charge in [0.15, 0.2) is 0 Å². The molecule has 0 bridgehead atoms. The Hall–Kier alpha value is -2.50. The summed E-state index contributed by atoms with van der Waals surface area (Å²) in [5, 5.41) is 1.32. The molecule has 0 aliphatic carbocycles. The van der Waals surface area contributed by atoms with Crippen molar-refractivity contribution in [1.29, 1.82) is 0 Å². The van der Waals surface area contributed by atoms with Gasteiger partial charge in [-0.3, -0.25) is 0 Å². The number of rotatable bonds is 6. The van der Waals surface area contributed by atoms with Gasteiger partial charge in [-0.25, -0.2) is 4.79 Å². The lowest BCUT2D eigenvalue weighted by atomic mass is 10.1. The van der Waals surface area contributed by atoms with Gasteiger partial charge in [-0.2, -0.15) is 0 Å². The van der Waals surface area contributed by atoms with Gasteiger partial charge < -0.3 is 19.8 Å². The summed E-state index contributed by atoms with van der Waals surface area (Å²) in [4.78, 5) is 12.2. The van der Waals surface area contributed by atoms with Crippen molar-refractivity contribution in [3.8, 4) is 5.75 Å². The van der Waals surface area contributed by atoms with Crippen LogP contribution in [-0.4, -0.2) is 17.1 Å². The molecule has 26 heavy (non-hydrogen) atoms. The SMILES string of the molecule is CCOC(=O)c1cc2c(Cl)ccc(OCc3ccc(CN)cc3)c2n1C. The molecule has 2 aromatic carbocycles. The fourth-order valence-electron chi connectivity index (χ4n) is 2.85. The Morgan fingerprint density at radius 2 is 1.85 bits per heavy atom. The second-order valence-electron chi connectivity index (χ2n) is 5.93. The predicted molar refractivity (Wildman–Crippen MR) is 103 cm³/mol. The Labute approximate surface area is 157 Å². The molecule has 136 valence electrons. The van der Waals surface area contributed by atoms with E-state index in [4.69, 9.17) is 26.8 Å². The van der Waals surface area contributed by atoms with E-state index in [1.54, 1.807) is 30.7 Å². The highest BCUT2D eigenvalue weighted by Crippen LogP contribution is 2.34. The Morgan fingerprint density at radius 1 is 1.15 bits per heavy atom. The maximum Gasteiger partial charge on any atom is 0.354 e. The Morgan fingerprint density at radius 3 is 2.50 bits per heavy atom. The Bertz CT molecular complexity index is 932. The smallest absolute Gasteiger partial charge is 0.354 e. The van der Waals surface area contributed by atoms with E-state index < -0.39 is 0 Å². The maximum atomic E-state index is 12.2. The summed E-state index contributed by atoms with van der Waals surface area (Å²) in [6, 6.07) is 13.3. The number of carbonyl (C=O) groups excluding carboxylic acids is 1. The maximum absolute atomic E-state index is 12.2. The Kier molecular flexibility index (Phi) is 5.49. The summed E-state index contributed by atoms with van der Waals surface area (Å²) in [7, 11) is 1.80. The molecule has 5 nitrogen and oxygen atoms in total. The predicted octanol–water partition coefficient (Wildman–Crippen LogP) is 4.05. The van der Waals surface area contributed by atoms with Crippen LogP contribution in [0.2, 0.25) is 5.02 Å². The summed E-state index contributed by atoms with van der Waals surface area (Å²) in [5.74, 6) is 0.274. The van der Waals surface area contributed by atoms with Crippen molar-refractivity contribution in [2.75, 3.05) is 6.61 Å². The number of nitrogens with zero attached hydrogens (tertiary/aromatic N) is 1. The van der Waals surface area contributed by atoms with Gasteiger partial charge in [0, 0.05) is 19.0 Å². The van der Waals surface area contributed by atoms with Crippen LogP contribution in [-0.2, 0) is 24.9 Å². The third kappa shape index (κ3) is 3.54. The van der Waals surface area contributed by atoms with Gasteiger partial charge in [0.25, 0.3) is 0 Å². The van der Waals surface area contributed by atoms with E-state index in [1.807, 2.05) is 30.3 Å². The largest absolute Gasteiger partial charge is 0.487 e. The number of hydrogen-bond acceptors (Lipinski definition) is 4. The molecule has 0 fully saturated rings.